The molecule has 6 nitrogen and oxygen atoms in total. The van der Waals surface area contributed by atoms with Crippen molar-refractivity contribution in [2.75, 3.05) is 5.32 Å². The smallest absolute Gasteiger partial charge is 0.275 e. The van der Waals surface area contributed by atoms with Crippen LogP contribution in [0.5, 0.6) is 0 Å². The third-order valence-electron chi connectivity index (χ3n) is 3.99. The first kappa shape index (κ1) is 17.5. The molecular weight excluding hydrogens is 368 g/mol. The van der Waals surface area contributed by atoms with Gasteiger partial charge in [-0.1, -0.05) is 6.07 Å². The van der Waals surface area contributed by atoms with E-state index in [2.05, 4.69) is 15.3 Å². The number of benzene rings is 2. The second-order valence-corrected chi connectivity index (χ2v) is 5.83. The van der Waals surface area contributed by atoms with E-state index in [1.807, 2.05) is 0 Å². The normalized spacial score (nSPS) is 10.8. The highest BCUT2D eigenvalue weighted by molar-refractivity contribution is 6.06. The summed E-state index contributed by atoms with van der Waals surface area (Å²) in [5.74, 6) is -2.14. The van der Waals surface area contributed by atoms with Crippen LogP contribution in [0.25, 0.3) is 22.3 Å². The lowest BCUT2D eigenvalue weighted by Crippen LogP contribution is -2.14. The van der Waals surface area contributed by atoms with Gasteiger partial charge < -0.3 is 9.73 Å². The molecule has 4 rings (SSSR count). The highest BCUT2D eigenvalue weighted by Crippen LogP contribution is 2.29. The molecule has 0 aliphatic rings. The summed E-state index contributed by atoms with van der Waals surface area (Å²) in [7, 11) is 0. The van der Waals surface area contributed by atoms with Crippen molar-refractivity contribution in [2.45, 2.75) is 0 Å². The van der Waals surface area contributed by atoms with Gasteiger partial charge in [-0.05, 0) is 30.3 Å². The maximum Gasteiger partial charge on any atom is 0.275 e. The number of aromatic nitrogens is 2. The lowest BCUT2D eigenvalue weighted by molar-refractivity contribution is 0.102. The van der Waals surface area contributed by atoms with E-state index in [1.165, 1.54) is 30.7 Å². The van der Waals surface area contributed by atoms with E-state index in [4.69, 9.17) is 4.42 Å². The molecule has 1 N–H and O–H groups in total. The molecule has 0 aliphatic heterocycles. The molecule has 0 aliphatic carbocycles. The summed E-state index contributed by atoms with van der Waals surface area (Å²) in [5.41, 5.74) is -0.381. The number of fused-ring (bicyclic) bond motifs is 1. The van der Waals surface area contributed by atoms with Crippen molar-refractivity contribution < 1.29 is 18.0 Å². The molecule has 0 saturated carbocycles. The number of anilines is 1. The highest BCUT2D eigenvalue weighted by atomic mass is 19.1. The minimum Gasteiger partial charge on any atom is -0.454 e. The summed E-state index contributed by atoms with van der Waals surface area (Å²) in [6, 6.07) is 8.50. The predicted octanol–water partition coefficient (Wildman–Crippen LogP) is 3.78. The Kier molecular flexibility index (Phi) is 4.36. The number of amides is 1. The molecule has 2 heterocycles. The number of carbonyl (C=O) groups is 1. The van der Waals surface area contributed by atoms with Gasteiger partial charge in [-0.2, -0.15) is 0 Å². The zero-order valence-corrected chi connectivity index (χ0v) is 14.1. The Bertz CT molecular complexity index is 1260. The van der Waals surface area contributed by atoms with Gasteiger partial charge in [-0.15, -0.1) is 0 Å². The first-order valence-electron chi connectivity index (χ1n) is 8.12. The molecule has 2 aromatic carbocycles. The fourth-order valence-corrected chi connectivity index (χ4v) is 2.70. The summed E-state index contributed by atoms with van der Waals surface area (Å²) >= 11 is 0. The summed E-state index contributed by atoms with van der Waals surface area (Å²) in [6.07, 6.45) is 4.07. The minimum absolute atomic E-state index is 0.0332. The lowest BCUT2D eigenvalue weighted by atomic mass is 10.1. The molecular formula is C20H11F2N3O3. The van der Waals surface area contributed by atoms with Gasteiger partial charge in [0, 0.05) is 18.5 Å². The Morgan fingerprint density at radius 2 is 1.93 bits per heavy atom. The van der Waals surface area contributed by atoms with E-state index in [9.17, 15) is 18.4 Å². The molecule has 4 aromatic rings. The van der Waals surface area contributed by atoms with Crippen LogP contribution in [0, 0.1) is 11.6 Å². The average Bonchev–Trinajstić information content (AvgIpc) is 2.71. The van der Waals surface area contributed by atoms with Crippen LogP contribution >= 0.6 is 0 Å². The largest absolute Gasteiger partial charge is 0.454 e. The van der Waals surface area contributed by atoms with Gasteiger partial charge >= 0.3 is 0 Å². The van der Waals surface area contributed by atoms with Crippen LogP contribution in [0.3, 0.4) is 0 Å². The lowest BCUT2D eigenvalue weighted by Gasteiger charge is -2.09. The molecule has 1 amide bonds. The van der Waals surface area contributed by atoms with Crippen molar-refractivity contribution in [3.8, 4) is 11.3 Å². The van der Waals surface area contributed by atoms with Crippen molar-refractivity contribution in [1.29, 1.82) is 0 Å². The molecule has 0 saturated heterocycles. The van der Waals surface area contributed by atoms with Gasteiger partial charge in [-0.3, -0.25) is 14.6 Å². The van der Waals surface area contributed by atoms with Crippen LogP contribution in [-0.2, 0) is 0 Å². The molecule has 0 atom stereocenters. The minimum atomic E-state index is -0.745. The second kappa shape index (κ2) is 6.99. The van der Waals surface area contributed by atoms with Crippen LogP contribution in [0.15, 0.2) is 70.3 Å². The average molecular weight is 379 g/mol. The number of halogens is 2. The van der Waals surface area contributed by atoms with Gasteiger partial charge in [0.25, 0.3) is 5.91 Å². The zero-order valence-electron chi connectivity index (χ0n) is 14.1. The SMILES string of the molecule is O=C(Nc1cccc2c(=O)cc(-c3cc(F)ccc3F)oc12)c1cnccn1. The Labute approximate surface area is 156 Å². The monoisotopic (exact) mass is 379 g/mol. The van der Waals surface area contributed by atoms with Crippen molar-refractivity contribution in [3.05, 3.63) is 88.6 Å². The van der Waals surface area contributed by atoms with Crippen LogP contribution in [-0.4, -0.2) is 15.9 Å². The molecule has 0 unspecified atom stereocenters. The summed E-state index contributed by atoms with van der Waals surface area (Å²) in [5, 5.41) is 2.77. The van der Waals surface area contributed by atoms with Gasteiger partial charge in [0.1, 0.15) is 23.1 Å². The van der Waals surface area contributed by atoms with Gasteiger partial charge in [-0.25, -0.2) is 13.8 Å². The van der Waals surface area contributed by atoms with E-state index in [0.717, 1.165) is 24.3 Å². The van der Waals surface area contributed by atoms with Crippen molar-refractivity contribution in [3.63, 3.8) is 0 Å². The summed E-state index contributed by atoms with van der Waals surface area (Å²) in [4.78, 5) is 32.5. The van der Waals surface area contributed by atoms with Gasteiger partial charge in [0.05, 0.1) is 22.8 Å². The number of para-hydroxylation sites is 1. The van der Waals surface area contributed by atoms with E-state index in [-0.39, 0.29) is 33.7 Å². The standard InChI is InChI=1S/C20H11F2N3O3/c21-11-4-5-14(22)13(8-11)18-9-17(26)12-2-1-3-15(19(12)28-18)25-20(27)16-10-23-6-7-24-16/h1-10H,(H,25,27). The Balaban J connectivity index is 1.84. The van der Waals surface area contributed by atoms with E-state index in [1.54, 1.807) is 6.07 Å². The van der Waals surface area contributed by atoms with E-state index >= 15 is 0 Å². The predicted molar refractivity (Wildman–Crippen MR) is 97.8 cm³/mol. The molecule has 0 spiro atoms. The second-order valence-electron chi connectivity index (χ2n) is 5.83. The third kappa shape index (κ3) is 3.23. The first-order chi connectivity index (χ1) is 13.5. The quantitative estimate of drug-likeness (QED) is 0.586. The van der Waals surface area contributed by atoms with Crippen LogP contribution in [0.4, 0.5) is 14.5 Å². The summed E-state index contributed by atoms with van der Waals surface area (Å²) < 4.78 is 33.3. The first-order valence-corrected chi connectivity index (χ1v) is 8.12. The zero-order chi connectivity index (χ0) is 19.7. The molecule has 138 valence electrons. The topological polar surface area (TPSA) is 85.1 Å². The maximum absolute atomic E-state index is 14.1. The molecule has 0 fully saturated rings. The van der Waals surface area contributed by atoms with Crippen LogP contribution in [0.2, 0.25) is 0 Å². The Morgan fingerprint density at radius 3 is 2.71 bits per heavy atom. The van der Waals surface area contributed by atoms with Crippen molar-refractivity contribution >= 4 is 22.6 Å². The number of hydrogen-bond donors (Lipinski definition) is 1. The maximum atomic E-state index is 14.1. The fraction of sp³-hybridized carbons (Fsp3) is 0. The summed E-state index contributed by atoms with van der Waals surface area (Å²) in [6.45, 7) is 0. The fourth-order valence-electron chi connectivity index (χ4n) is 2.70. The van der Waals surface area contributed by atoms with Gasteiger partial charge in [0.15, 0.2) is 11.0 Å². The molecule has 28 heavy (non-hydrogen) atoms. The molecule has 0 radical (unpaired) electrons. The number of nitrogens with zero attached hydrogens (tertiary/aromatic N) is 2. The number of nitrogens with one attached hydrogen (secondary N) is 1. The van der Waals surface area contributed by atoms with E-state index in [0.29, 0.717) is 0 Å². The van der Waals surface area contributed by atoms with Gasteiger partial charge in [0.2, 0.25) is 0 Å². The highest BCUT2D eigenvalue weighted by Gasteiger charge is 2.16. The Morgan fingerprint density at radius 1 is 1.07 bits per heavy atom. The Hall–Kier alpha value is -3.94. The molecule has 8 heteroatoms. The van der Waals surface area contributed by atoms with Crippen molar-refractivity contribution in [1.82, 2.24) is 9.97 Å². The van der Waals surface area contributed by atoms with Crippen LogP contribution in [0.1, 0.15) is 10.5 Å². The molecule has 2 aromatic heterocycles. The van der Waals surface area contributed by atoms with Crippen molar-refractivity contribution in [2.24, 2.45) is 0 Å². The number of carbonyl (C=O) groups excluding carboxylic acids is 1. The number of rotatable bonds is 3. The third-order valence-corrected chi connectivity index (χ3v) is 3.99. The number of hydrogen-bond acceptors (Lipinski definition) is 5. The van der Waals surface area contributed by atoms with E-state index < -0.39 is 23.0 Å². The molecule has 0 bridgehead atoms. The van der Waals surface area contributed by atoms with Crippen LogP contribution < -0.4 is 10.7 Å².